The Hall–Kier alpha value is -0.340. The summed E-state index contributed by atoms with van der Waals surface area (Å²) in [6.45, 7) is 4.36. The lowest BCUT2D eigenvalue weighted by atomic mass is 10.0. The Labute approximate surface area is 100.0 Å². The average molecular weight is 269 g/mol. The van der Waals surface area contributed by atoms with Crippen molar-refractivity contribution in [3.8, 4) is 0 Å². The summed E-state index contributed by atoms with van der Waals surface area (Å²) < 4.78 is 6.76. The standard InChI is InChI=1S/C13H17BrO/c1-3-12-13(15-12)8-7-10-5-4-6-11(14)9(10)2/h4-6,12-13H,3,7-8H2,1-2H3. The minimum absolute atomic E-state index is 0.522. The van der Waals surface area contributed by atoms with E-state index in [1.54, 1.807) is 0 Å². The highest BCUT2D eigenvalue weighted by atomic mass is 79.9. The molecule has 0 aromatic heterocycles. The molecule has 0 aliphatic carbocycles. The van der Waals surface area contributed by atoms with E-state index in [2.05, 4.69) is 48.0 Å². The first kappa shape index (κ1) is 11.2. The zero-order valence-corrected chi connectivity index (χ0v) is 10.9. The Morgan fingerprint density at radius 1 is 1.33 bits per heavy atom. The van der Waals surface area contributed by atoms with E-state index in [1.807, 2.05) is 0 Å². The smallest absolute Gasteiger partial charge is 0.0845 e. The first-order chi connectivity index (χ1) is 7.22. The van der Waals surface area contributed by atoms with Crippen LogP contribution in [0.15, 0.2) is 22.7 Å². The molecule has 1 aromatic carbocycles. The molecule has 2 rings (SSSR count). The largest absolute Gasteiger partial charge is 0.370 e. The van der Waals surface area contributed by atoms with Crippen LogP contribution in [-0.2, 0) is 11.2 Å². The third kappa shape index (κ3) is 2.61. The number of ether oxygens (including phenoxy) is 1. The first-order valence-electron chi connectivity index (χ1n) is 5.61. The van der Waals surface area contributed by atoms with E-state index in [0.29, 0.717) is 12.2 Å². The van der Waals surface area contributed by atoms with Gasteiger partial charge in [0, 0.05) is 4.47 Å². The summed E-state index contributed by atoms with van der Waals surface area (Å²) in [4.78, 5) is 0. The number of epoxide rings is 1. The second-order valence-electron chi connectivity index (χ2n) is 4.18. The van der Waals surface area contributed by atoms with Gasteiger partial charge in [-0.15, -0.1) is 0 Å². The van der Waals surface area contributed by atoms with Crippen molar-refractivity contribution in [3.05, 3.63) is 33.8 Å². The molecule has 0 bridgehead atoms. The molecule has 1 aliphatic heterocycles. The SMILES string of the molecule is CCC1OC1CCc1cccc(Br)c1C. The number of hydrogen-bond donors (Lipinski definition) is 0. The van der Waals surface area contributed by atoms with E-state index in [1.165, 1.54) is 15.6 Å². The van der Waals surface area contributed by atoms with Crippen LogP contribution in [0.2, 0.25) is 0 Å². The summed E-state index contributed by atoms with van der Waals surface area (Å²) in [5.41, 5.74) is 2.81. The van der Waals surface area contributed by atoms with E-state index in [4.69, 9.17) is 4.74 Å². The van der Waals surface area contributed by atoms with E-state index in [0.717, 1.165) is 19.3 Å². The van der Waals surface area contributed by atoms with Gasteiger partial charge in [-0.05, 0) is 43.4 Å². The van der Waals surface area contributed by atoms with Crippen LogP contribution in [0.4, 0.5) is 0 Å². The van der Waals surface area contributed by atoms with Crippen LogP contribution in [0.1, 0.15) is 30.9 Å². The fourth-order valence-electron chi connectivity index (χ4n) is 2.01. The predicted octanol–water partition coefficient (Wildman–Crippen LogP) is 3.87. The molecule has 1 saturated heterocycles. The van der Waals surface area contributed by atoms with Crippen molar-refractivity contribution in [3.63, 3.8) is 0 Å². The van der Waals surface area contributed by atoms with Crippen LogP contribution in [0.3, 0.4) is 0 Å². The number of hydrogen-bond acceptors (Lipinski definition) is 1. The lowest BCUT2D eigenvalue weighted by Gasteiger charge is -2.06. The minimum Gasteiger partial charge on any atom is -0.370 e. The lowest BCUT2D eigenvalue weighted by Crippen LogP contribution is -1.97. The van der Waals surface area contributed by atoms with Crippen molar-refractivity contribution < 1.29 is 4.74 Å². The lowest BCUT2D eigenvalue weighted by molar-refractivity contribution is 0.359. The maximum absolute atomic E-state index is 5.55. The Morgan fingerprint density at radius 2 is 2.13 bits per heavy atom. The third-order valence-corrected chi connectivity index (χ3v) is 4.03. The van der Waals surface area contributed by atoms with E-state index in [9.17, 15) is 0 Å². The molecule has 2 atom stereocenters. The van der Waals surface area contributed by atoms with Gasteiger partial charge in [-0.3, -0.25) is 0 Å². The second-order valence-corrected chi connectivity index (χ2v) is 5.04. The van der Waals surface area contributed by atoms with Gasteiger partial charge >= 0.3 is 0 Å². The monoisotopic (exact) mass is 268 g/mol. The Morgan fingerprint density at radius 3 is 2.80 bits per heavy atom. The van der Waals surface area contributed by atoms with Gasteiger partial charge < -0.3 is 4.74 Å². The van der Waals surface area contributed by atoms with Crippen molar-refractivity contribution >= 4 is 15.9 Å². The molecule has 1 heterocycles. The van der Waals surface area contributed by atoms with Gasteiger partial charge in [0.25, 0.3) is 0 Å². The summed E-state index contributed by atoms with van der Waals surface area (Å²) in [7, 11) is 0. The van der Waals surface area contributed by atoms with Crippen LogP contribution in [0.25, 0.3) is 0 Å². The predicted molar refractivity (Wildman–Crippen MR) is 66.2 cm³/mol. The summed E-state index contributed by atoms with van der Waals surface area (Å²) >= 11 is 3.56. The molecular formula is C13H17BrO. The van der Waals surface area contributed by atoms with Gasteiger partial charge in [0.1, 0.15) is 0 Å². The summed E-state index contributed by atoms with van der Waals surface area (Å²) in [6, 6.07) is 6.42. The highest BCUT2D eigenvalue weighted by Crippen LogP contribution is 2.30. The third-order valence-electron chi connectivity index (χ3n) is 3.17. The van der Waals surface area contributed by atoms with Crippen LogP contribution in [0, 0.1) is 6.92 Å². The quantitative estimate of drug-likeness (QED) is 0.756. The van der Waals surface area contributed by atoms with Crippen molar-refractivity contribution in [2.75, 3.05) is 0 Å². The van der Waals surface area contributed by atoms with Crippen molar-refractivity contribution in [1.82, 2.24) is 0 Å². The zero-order chi connectivity index (χ0) is 10.8. The fraction of sp³-hybridized carbons (Fsp3) is 0.538. The Kier molecular flexibility index (Phi) is 3.47. The highest BCUT2D eigenvalue weighted by Gasteiger charge is 2.36. The molecule has 82 valence electrons. The van der Waals surface area contributed by atoms with Crippen molar-refractivity contribution in [2.45, 2.75) is 45.3 Å². The zero-order valence-electron chi connectivity index (χ0n) is 9.29. The average Bonchev–Trinajstić information content (AvgIpc) is 2.99. The minimum atomic E-state index is 0.522. The van der Waals surface area contributed by atoms with Gasteiger partial charge in [-0.2, -0.15) is 0 Å². The van der Waals surface area contributed by atoms with Gasteiger partial charge in [0.15, 0.2) is 0 Å². The summed E-state index contributed by atoms with van der Waals surface area (Å²) in [5, 5.41) is 0. The van der Waals surface area contributed by atoms with Crippen LogP contribution < -0.4 is 0 Å². The maximum atomic E-state index is 5.55. The van der Waals surface area contributed by atoms with E-state index in [-0.39, 0.29) is 0 Å². The highest BCUT2D eigenvalue weighted by molar-refractivity contribution is 9.10. The van der Waals surface area contributed by atoms with Gasteiger partial charge in [0.05, 0.1) is 12.2 Å². The molecule has 0 radical (unpaired) electrons. The molecule has 1 aromatic rings. The second kappa shape index (κ2) is 4.67. The van der Waals surface area contributed by atoms with Crippen LogP contribution in [-0.4, -0.2) is 12.2 Å². The van der Waals surface area contributed by atoms with E-state index >= 15 is 0 Å². The van der Waals surface area contributed by atoms with Gasteiger partial charge in [-0.25, -0.2) is 0 Å². The van der Waals surface area contributed by atoms with Gasteiger partial charge in [0.2, 0.25) is 0 Å². The van der Waals surface area contributed by atoms with Gasteiger partial charge in [-0.1, -0.05) is 35.0 Å². The van der Waals surface area contributed by atoms with Crippen molar-refractivity contribution in [2.24, 2.45) is 0 Å². The molecule has 1 aliphatic rings. The molecule has 0 saturated carbocycles. The molecule has 15 heavy (non-hydrogen) atoms. The molecule has 0 spiro atoms. The Balaban J connectivity index is 1.91. The van der Waals surface area contributed by atoms with Crippen molar-refractivity contribution in [1.29, 1.82) is 0 Å². The summed E-state index contributed by atoms with van der Waals surface area (Å²) in [6.07, 6.45) is 4.51. The molecular weight excluding hydrogens is 252 g/mol. The van der Waals surface area contributed by atoms with Crippen LogP contribution >= 0.6 is 15.9 Å². The molecule has 0 N–H and O–H groups in total. The number of halogens is 1. The fourth-order valence-corrected chi connectivity index (χ4v) is 2.42. The normalized spacial score (nSPS) is 24.2. The topological polar surface area (TPSA) is 12.5 Å². The molecule has 1 fully saturated rings. The number of benzene rings is 1. The number of aryl methyl sites for hydroxylation is 1. The van der Waals surface area contributed by atoms with Crippen LogP contribution in [0.5, 0.6) is 0 Å². The summed E-state index contributed by atoms with van der Waals surface area (Å²) in [5.74, 6) is 0. The number of rotatable bonds is 4. The molecule has 2 heteroatoms. The van der Waals surface area contributed by atoms with E-state index < -0.39 is 0 Å². The molecule has 1 nitrogen and oxygen atoms in total. The Bertz CT molecular complexity index is 348. The molecule has 0 amide bonds. The maximum Gasteiger partial charge on any atom is 0.0845 e. The first-order valence-corrected chi connectivity index (χ1v) is 6.41. The molecule has 2 unspecified atom stereocenters.